The lowest BCUT2D eigenvalue weighted by Crippen LogP contribution is -2.20. The fraction of sp³-hybridized carbons (Fsp3) is 0.176. The third-order valence-electron chi connectivity index (χ3n) is 3.31. The Kier molecular flexibility index (Phi) is 4.59. The van der Waals surface area contributed by atoms with E-state index >= 15 is 0 Å². The monoisotopic (exact) mass is 361 g/mol. The number of ether oxygens (including phenoxy) is 1. The quantitative estimate of drug-likeness (QED) is 0.731. The van der Waals surface area contributed by atoms with Crippen molar-refractivity contribution in [3.05, 3.63) is 46.5 Å². The standard InChI is InChI=1S/C17H16ClN3O2S/c1-9-3-10(2)5-12(4-9)23-8-15(22)20-11-6-13(18)16-14(7-11)24-17(19)21-16/h3-7H,8H2,1-2H3,(H2,19,21)(H,20,22). The van der Waals surface area contributed by atoms with E-state index in [-0.39, 0.29) is 12.5 Å². The minimum Gasteiger partial charge on any atom is -0.484 e. The van der Waals surface area contributed by atoms with Crippen LogP contribution in [0.4, 0.5) is 10.8 Å². The minimum atomic E-state index is -0.262. The number of benzene rings is 2. The first-order valence-corrected chi connectivity index (χ1v) is 8.46. The van der Waals surface area contributed by atoms with Gasteiger partial charge in [0.15, 0.2) is 11.7 Å². The number of anilines is 2. The highest BCUT2D eigenvalue weighted by Crippen LogP contribution is 2.32. The number of nitrogens with one attached hydrogen (secondary N) is 1. The van der Waals surface area contributed by atoms with Gasteiger partial charge in [0.2, 0.25) is 0 Å². The van der Waals surface area contributed by atoms with Crippen molar-refractivity contribution < 1.29 is 9.53 Å². The van der Waals surface area contributed by atoms with Crippen molar-refractivity contribution >= 4 is 49.9 Å². The molecule has 0 unspecified atom stereocenters. The molecule has 1 amide bonds. The molecule has 124 valence electrons. The summed E-state index contributed by atoms with van der Waals surface area (Å²) in [5.41, 5.74) is 9.10. The summed E-state index contributed by atoms with van der Waals surface area (Å²) in [4.78, 5) is 16.2. The smallest absolute Gasteiger partial charge is 0.262 e. The Morgan fingerprint density at radius 1 is 1.25 bits per heavy atom. The zero-order chi connectivity index (χ0) is 17.3. The van der Waals surface area contributed by atoms with Gasteiger partial charge in [-0.15, -0.1) is 0 Å². The van der Waals surface area contributed by atoms with Crippen molar-refractivity contribution in [3.8, 4) is 5.75 Å². The molecule has 0 saturated heterocycles. The summed E-state index contributed by atoms with van der Waals surface area (Å²) in [5, 5.41) is 3.66. The molecule has 1 heterocycles. The van der Waals surface area contributed by atoms with Crippen molar-refractivity contribution in [3.63, 3.8) is 0 Å². The van der Waals surface area contributed by atoms with Crippen LogP contribution in [-0.2, 0) is 4.79 Å². The number of nitrogen functional groups attached to an aromatic ring is 1. The highest BCUT2D eigenvalue weighted by Gasteiger charge is 2.10. The second kappa shape index (κ2) is 6.67. The van der Waals surface area contributed by atoms with E-state index in [1.165, 1.54) is 11.3 Å². The molecule has 0 fully saturated rings. The van der Waals surface area contributed by atoms with E-state index in [2.05, 4.69) is 10.3 Å². The van der Waals surface area contributed by atoms with Gasteiger partial charge in [-0.3, -0.25) is 4.79 Å². The van der Waals surface area contributed by atoms with Gasteiger partial charge in [0.25, 0.3) is 5.91 Å². The van der Waals surface area contributed by atoms with Gasteiger partial charge >= 0.3 is 0 Å². The number of aromatic nitrogens is 1. The third-order valence-corrected chi connectivity index (χ3v) is 4.43. The molecule has 2 aromatic carbocycles. The Morgan fingerprint density at radius 3 is 2.67 bits per heavy atom. The number of hydrogen-bond donors (Lipinski definition) is 2. The molecule has 1 aromatic heterocycles. The number of carbonyl (C=O) groups is 1. The lowest BCUT2D eigenvalue weighted by atomic mass is 10.1. The molecule has 0 radical (unpaired) electrons. The van der Waals surface area contributed by atoms with Gasteiger partial charge in [-0.05, 0) is 49.2 Å². The molecule has 3 rings (SSSR count). The number of rotatable bonds is 4. The van der Waals surface area contributed by atoms with Gasteiger partial charge in [-0.2, -0.15) is 0 Å². The fourth-order valence-electron chi connectivity index (χ4n) is 2.44. The number of nitrogens with zero attached hydrogens (tertiary/aromatic N) is 1. The van der Waals surface area contributed by atoms with Crippen LogP contribution in [0.15, 0.2) is 30.3 Å². The molecule has 0 bridgehead atoms. The van der Waals surface area contributed by atoms with Crippen LogP contribution >= 0.6 is 22.9 Å². The summed E-state index contributed by atoms with van der Waals surface area (Å²) < 4.78 is 6.37. The minimum absolute atomic E-state index is 0.0800. The average molecular weight is 362 g/mol. The Labute approximate surface area is 148 Å². The topological polar surface area (TPSA) is 77.2 Å². The first-order chi connectivity index (χ1) is 11.4. The summed E-state index contributed by atoms with van der Waals surface area (Å²) in [6.07, 6.45) is 0. The van der Waals surface area contributed by atoms with E-state index in [4.69, 9.17) is 22.1 Å². The van der Waals surface area contributed by atoms with Gasteiger partial charge in [-0.1, -0.05) is 29.0 Å². The number of aryl methyl sites for hydroxylation is 2. The lowest BCUT2D eigenvalue weighted by Gasteiger charge is -2.09. The third kappa shape index (κ3) is 3.77. The van der Waals surface area contributed by atoms with E-state index in [9.17, 15) is 4.79 Å². The SMILES string of the molecule is Cc1cc(C)cc(OCC(=O)Nc2cc(Cl)c3nc(N)sc3c2)c1. The number of nitrogens with two attached hydrogens (primary N) is 1. The molecule has 24 heavy (non-hydrogen) atoms. The molecule has 0 saturated carbocycles. The summed E-state index contributed by atoms with van der Waals surface area (Å²) in [6.45, 7) is 3.89. The van der Waals surface area contributed by atoms with Gasteiger partial charge < -0.3 is 15.8 Å². The number of hydrogen-bond acceptors (Lipinski definition) is 5. The van der Waals surface area contributed by atoms with Gasteiger partial charge in [-0.25, -0.2) is 4.98 Å². The van der Waals surface area contributed by atoms with Crippen LogP contribution in [-0.4, -0.2) is 17.5 Å². The molecule has 0 aliphatic rings. The molecule has 0 atom stereocenters. The predicted molar refractivity (Wildman–Crippen MR) is 99.1 cm³/mol. The zero-order valence-electron chi connectivity index (χ0n) is 13.2. The van der Waals surface area contributed by atoms with Crippen molar-refractivity contribution in [1.82, 2.24) is 4.98 Å². The Hall–Kier alpha value is -2.31. The van der Waals surface area contributed by atoms with Crippen molar-refractivity contribution in [2.45, 2.75) is 13.8 Å². The largest absolute Gasteiger partial charge is 0.484 e. The predicted octanol–water partition coefficient (Wildman–Crippen LogP) is 4.17. The Morgan fingerprint density at radius 2 is 1.96 bits per heavy atom. The highest BCUT2D eigenvalue weighted by molar-refractivity contribution is 7.22. The lowest BCUT2D eigenvalue weighted by molar-refractivity contribution is -0.118. The number of amides is 1. The molecular formula is C17H16ClN3O2S. The van der Waals surface area contributed by atoms with Crippen LogP contribution in [0.25, 0.3) is 10.2 Å². The molecule has 3 aromatic rings. The van der Waals surface area contributed by atoms with Crippen molar-refractivity contribution in [1.29, 1.82) is 0 Å². The number of halogens is 1. The first kappa shape index (κ1) is 16.5. The maximum absolute atomic E-state index is 12.1. The zero-order valence-corrected chi connectivity index (χ0v) is 14.8. The van der Waals surface area contributed by atoms with E-state index in [0.717, 1.165) is 15.8 Å². The van der Waals surface area contributed by atoms with Crippen LogP contribution in [0.3, 0.4) is 0 Å². The van der Waals surface area contributed by atoms with Crippen LogP contribution in [0.1, 0.15) is 11.1 Å². The molecule has 5 nitrogen and oxygen atoms in total. The second-order valence-corrected chi connectivity index (χ2v) is 6.99. The number of carbonyl (C=O) groups excluding carboxylic acids is 1. The van der Waals surface area contributed by atoms with Gasteiger partial charge in [0.1, 0.15) is 11.3 Å². The van der Waals surface area contributed by atoms with E-state index in [1.807, 2.05) is 32.0 Å². The maximum atomic E-state index is 12.1. The number of fused-ring (bicyclic) bond motifs is 1. The molecule has 7 heteroatoms. The molecular weight excluding hydrogens is 346 g/mol. The molecule has 0 spiro atoms. The van der Waals surface area contributed by atoms with E-state index < -0.39 is 0 Å². The van der Waals surface area contributed by atoms with Crippen molar-refractivity contribution in [2.24, 2.45) is 0 Å². The molecule has 0 aliphatic heterocycles. The fourth-order valence-corrected chi connectivity index (χ4v) is 3.56. The normalized spacial score (nSPS) is 10.8. The summed E-state index contributed by atoms with van der Waals surface area (Å²) in [6, 6.07) is 9.28. The summed E-state index contributed by atoms with van der Waals surface area (Å²) >= 11 is 7.49. The van der Waals surface area contributed by atoms with E-state index in [1.54, 1.807) is 12.1 Å². The Bertz CT molecular complexity index is 903. The van der Waals surface area contributed by atoms with Gasteiger partial charge in [0, 0.05) is 5.69 Å². The van der Waals surface area contributed by atoms with E-state index in [0.29, 0.717) is 27.1 Å². The first-order valence-electron chi connectivity index (χ1n) is 7.27. The number of thiazole rings is 1. The molecule has 0 aliphatic carbocycles. The van der Waals surface area contributed by atoms with Crippen LogP contribution < -0.4 is 15.8 Å². The van der Waals surface area contributed by atoms with Crippen LogP contribution in [0.2, 0.25) is 5.02 Å². The molecule has 3 N–H and O–H groups in total. The summed E-state index contributed by atoms with van der Waals surface area (Å²) in [5.74, 6) is 0.411. The van der Waals surface area contributed by atoms with Crippen LogP contribution in [0.5, 0.6) is 5.75 Å². The summed E-state index contributed by atoms with van der Waals surface area (Å²) in [7, 11) is 0. The van der Waals surface area contributed by atoms with Gasteiger partial charge in [0.05, 0.1) is 9.72 Å². The average Bonchev–Trinajstić information content (AvgIpc) is 2.85. The van der Waals surface area contributed by atoms with Crippen LogP contribution in [0, 0.1) is 13.8 Å². The highest BCUT2D eigenvalue weighted by atomic mass is 35.5. The Balaban J connectivity index is 1.68. The van der Waals surface area contributed by atoms with Crippen molar-refractivity contribution in [2.75, 3.05) is 17.7 Å². The maximum Gasteiger partial charge on any atom is 0.262 e. The second-order valence-electron chi connectivity index (χ2n) is 5.52.